The van der Waals surface area contributed by atoms with Crippen molar-refractivity contribution in [2.45, 2.75) is 49.4 Å². The lowest BCUT2D eigenvalue weighted by molar-refractivity contribution is -0.161. The summed E-state index contributed by atoms with van der Waals surface area (Å²) < 4.78 is -0.704. The Balaban J connectivity index is 1.40. The van der Waals surface area contributed by atoms with Crippen LogP contribution in [-0.4, -0.2) is 97.3 Å². The Bertz CT molecular complexity index is 1160. The van der Waals surface area contributed by atoms with Crippen LogP contribution < -0.4 is 10.6 Å². The molecule has 3 fully saturated rings. The molecule has 1 aromatic rings. The highest BCUT2D eigenvalue weighted by molar-refractivity contribution is 8.01. The summed E-state index contributed by atoms with van der Waals surface area (Å²) in [6.45, 7) is 5.91. The average Bonchev–Trinajstić information content (AvgIpc) is 3.08. The maximum Gasteiger partial charge on any atom is 0.329 e. The van der Waals surface area contributed by atoms with Crippen LogP contribution in [0.3, 0.4) is 0 Å². The van der Waals surface area contributed by atoms with Crippen LogP contribution in [-0.2, 0) is 30.4 Å². The van der Waals surface area contributed by atoms with E-state index < -0.39 is 57.8 Å². The first-order chi connectivity index (χ1) is 17.0. The number of carboxylic acid groups (broad SMARTS) is 1. The molecule has 0 aromatic heterocycles. The molecule has 0 spiro atoms. The smallest absolute Gasteiger partial charge is 0.329 e. The zero-order valence-electron chi connectivity index (χ0n) is 20.0. The number of nitrogens with one attached hydrogen (secondary N) is 2. The molecule has 3 aliphatic rings. The van der Waals surface area contributed by atoms with Crippen molar-refractivity contribution in [3.63, 3.8) is 0 Å². The van der Waals surface area contributed by atoms with E-state index in [0.29, 0.717) is 17.8 Å². The summed E-state index contributed by atoms with van der Waals surface area (Å²) in [6, 6.07) is 3.93. The molecule has 3 atom stereocenters. The van der Waals surface area contributed by atoms with Crippen molar-refractivity contribution in [1.82, 2.24) is 20.0 Å². The summed E-state index contributed by atoms with van der Waals surface area (Å²) in [5.74, 6) is -3.68. The molecule has 3 saturated heterocycles. The number of para-hydroxylation sites is 1. The molecule has 6 amide bonds. The number of carbonyl (C=O) groups excluding carboxylic acids is 5. The second-order valence-electron chi connectivity index (χ2n) is 9.25. The third-order valence-electron chi connectivity index (χ3n) is 6.54. The molecule has 3 heterocycles. The minimum absolute atomic E-state index is 0.0555. The number of carboxylic acids is 1. The highest BCUT2D eigenvalue weighted by Crippen LogP contribution is 2.50. The molecule has 3 N–H and O–H groups in total. The minimum Gasteiger partial charge on any atom is -0.480 e. The van der Waals surface area contributed by atoms with E-state index in [9.17, 15) is 33.9 Å². The van der Waals surface area contributed by atoms with E-state index in [1.165, 1.54) is 21.6 Å². The Hall–Kier alpha value is -3.61. The quantitative estimate of drug-likeness (QED) is 0.354. The number of imide groups is 1. The van der Waals surface area contributed by atoms with Gasteiger partial charge >= 0.3 is 23.8 Å². The average molecular weight is 518 g/mol. The number of urea groups is 1. The summed E-state index contributed by atoms with van der Waals surface area (Å²) >= 11 is 1.33. The van der Waals surface area contributed by atoms with Gasteiger partial charge in [0, 0.05) is 30.1 Å². The zero-order chi connectivity index (χ0) is 26.4. The van der Waals surface area contributed by atoms with Crippen molar-refractivity contribution in [3.8, 4) is 0 Å². The van der Waals surface area contributed by atoms with Crippen LogP contribution in [0.5, 0.6) is 0 Å². The van der Waals surface area contributed by atoms with E-state index >= 15 is 0 Å². The molecule has 0 bridgehead atoms. The van der Waals surface area contributed by atoms with Gasteiger partial charge in [-0.1, -0.05) is 18.2 Å². The standard InChI is InChI=1S/C23H27N5O7S/c1-4-26-9-10-27(19(32)18(26)31)22(35)24-13-8-6-5-7-12(13)11-14(29)25-15-17(30)28-16(21(33)34)23(2,3)36-20(15)28/h5-8,15-16,20H,4,9-11H2,1-3H3,(H,24,35)(H,25,29)(H,33,34)/t15-,16+,20-/m1/s1. The predicted octanol–water partition coefficient (Wildman–Crippen LogP) is 0.0834. The van der Waals surface area contributed by atoms with Crippen LogP contribution in [0.15, 0.2) is 24.3 Å². The van der Waals surface area contributed by atoms with Gasteiger partial charge in [-0.3, -0.25) is 24.1 Å². The number of β-lactam (4-membered cyclic amide) rings is 1. The molecule has 0 unspecified atom stereocenters. The molecule has 0 saturated carbocycles. The van der Waals surface area contributed by atoms with Crippen LogP contribution in [0.2, 0.25) is 0 Å². The van der Waals surface area contributed by atoms with Crippen LogP contribution in [0, 0.1) is 0 Å². The van der Waals surface area contributed by atoms with Gasteiger partial charge in [0.05, 0.1) is 6.42 Å². The molecule has 13 heteroatoms. The summed E-state index contributed by atoms with van der Waals surface area (Å²) in [7, 11) is 0. The van der Waals surface area contributed by atoms with E-state index in [4.69, 9.17) is 0 Å². The molecule has 3 aliphatic heterocycles. The highest BCUT2D eigenvalue weighted by atomic mass is 32.2. The Labute approximate surface area is 211 Å². The molecule has 192 valence electrons. The summed E-state index contributed by atoms with van der Waals surface area (Å²) in [6.07, 6.45) is -0.167. The number of hydrogen-bond donors (Lipinski definition) is 3. The van der Waals surface area contributed by atoms with Gasteiger partial charge in [-0.15, -0.1) is 11.8 Å². The third-order valence-corrected chi connectivity index (χ3v) is 8.11. The fraction of sp³-hybridized carbons (Fsp3) is 0.478. The number of anilines is 1. The maximum atomic E-state index is 12.8. The van der Waals surface area contributed by atoms with E-state index in [-0.39, 0.29) is 19.5 Å². The van der Waals surface area contributed by atoms with Crippen molar-refractivity contribution >= 4 is 53.1 Å². The van der Waals surface area contributed by atoms with E-state index in [0.717, 1.165) is 4.90 Å². The van der Waals surface area contributed by atoms with E-state index in [1.807, 2.05) is 0 Å². The number of thioether (sulfide) groups is 1. The topological polar surface area (TPSA) is 156 Å². The second kappa shape index (κ2) is 9.45. The van der Waals surface area contributed by atoms with Gasteiger partial charge in [-0.05, 0) is 32.4 Å². The van der Waals surface area contributed by atoms with Gasteiger partial charge in [-0.2, -0.15) is 0 Å². The fourth-order valence-electron chi connectivity index (χ4n) is 4.69. The van der Waals surface area contributed by atoms with Gasteiger partial charge in [0.15, 0.2) is 0 Å². The SMILES string of the molecule is CCN1CCN(C(=O)Nc2ccccc2CC(=O)N[C@@H]2C(=O)N3[C@@H]2SC(C)(C)[C@@H]3C(=O)O)C(=O)C1=O. The number of benzene rings is 1. The van der Waals surface area contributed by atoms with Gasteiger partial charge in [0.1, 0.15) is 17.5 Å². The van der Waals surface area contributed by atoms with E-state index in [1.54, 1.807) is 45.0 Å². The third kappa shape index (κ3) is 4.38. The Morgan fingerprint density at radius 2 is 1.81 bits per heavy atom. The first-order valence-corrected chi connectivity index (χ1v) is 12.4. The molecule has 0 radical (unpaired) electrons. The molecular weight excluding hydrogens is 490 g/mol. The number of nitrogens with zero attached hydrogens (tertiary/aromatic N) is 3. The summed E-state index contributed by atoms with van der Waals surface area (Å²) in [5, 5.41) is 14.3. The largest absolute Gasteiger partial charge is 0.480 e. The van der Waals surface area contributed by atoms with Gasteiger partial charge in [0.2, 0.25) is 11.8 Å². The fourth-order valence-corrected chi connectivity index (χ4v) is 6.32. The van der Waals surface area contributed by atoms with E-state index in [2.05, 4.69) is 10.6 Å². The van der Waals surface area contributed by atoms with Crippen LogP contribution in [0.25, 0.3) is 0 Å². The minimum atomic E-state index is -1.09. The number of fused-ring (bicyclic) bond motifs is 1. The number of rotatable bonds is 6. The molecule has 12 nitrogen and oxygen atoms in total. The Morgan fingerprint density at radius 1 is 1.11 bits per heavy atom. The molecule has 4 rings (SSSR count). The van der Waals surface area contributed by atoms with Crippen molar-refractivity contribution in [1.29, 1.82) is 0 Å². The van der Waals surface area contributed by atoms with Crippen LogP contribution >= 0.6 is 11.8 Å². The molecular formula is C23H27N5O7S. The number of aliphatic carboxylic acids is 1. The number of hydrogen-bond acceptors (Lipinski definition) is 7. The van der Waals surface area contributed by atoms with Gasteiger partial charge < -0.3 is 25.5 Å². The monoisotopic (exact) mass is 517 g/mol. The second-order valence-corrected chi connectivity index (χ2v) is 11.0. The van der Waals surface area contributed by atoms with Crippen LogP contribution in [0.4, 0.5) is 10.5 Å². The Kier molecular flexibility index (Phi) is 6.69. The maximum absolute atomic E-state index is 12.8. The summed E-state index contributed by atoms with van der Waals surface area (Å²) in [5.41, 5.74) is 0.737. The first-order valence-electron chi connectivity index (χ1n) is 11.5. The van der Waals surface area contributed by atoms with Crippen molar-refractivity contribution in [2.75, 3.05) is 25.0 Å². The lowest BCUT2D eigenvalue weighted by Gasteiger charge is -2.43. The lowest BCUT2D eigenvalue weighted by atomic mass is 9.96. The van der Waals surface area contributed by atoms with Crippen molar-refractivity contribution in [3.05, 3.63) is 29.8 Å². The number of piperazine rings is 1. The number of amides is 6. The number of likely N-dealkylation sites (N-methyl/N-ethyl adjacent to an activating group) is 1. The lowest BCUT2D eigenvalue weighted by Crippen LogP contribution is -2.70. The van der Waals surface area contributed by atoms with Crippen molar-refractivity contribution < 1.29 is 33.9 Å². The molecule has 1 aromatic carbocycles. The zero-order valence-corrected chi connectivity index (χ0v) is 20.8. The van der Waals surface area contributed by atoms with Gasteiger partial charge in [0.25, 0.3) is 0 Å². The summed E-state index contributed by atoms with van der Waals surface area (Å²) in [4.78, 5) is 77.7. The predicted molar refractivity (Wildman–Crippen MR) is 129 cm³/mol. The van der Waals surface area contributed by atoms with Gasteiger partial charge in [-0.25, -0.2) is 9.59 Å². The molecule has 0 aliphatic carbocycles. The highest BCUT2D eigenvalue weighted by Gasteiger charge is 2.64. The first kappa shape index (κ1) is 25.5. The van der Waals surface area contributed by atoms with Crippen molar-refractivity contribution in [2.24, 2.45) is 0 Å². The normalized spacial score (nSPS) is 24.8. The molecule has 36 heavy (non-hydrogen) atoms. The van der Waals surface area contributed by atoms with Crippen LogP contribution in [0.1, 0.15) is 26.3 Å². The Morgan fingerprint density at radius 3 is 2.47 bits per heavy atom. The number of carbonyl (C=O) groups is 6.